The summed E-state index contributed by atoms with van der Waals surface area (Å²) >= 11 is 0. The first kappa shape index (κ1) is 20.6. The maximum Gasteiger partial charge on any atom is 0.325 e. The number of amides is 3. The van der Waals surface area contributed by atoms with E-state index in [0.717, 1.165) is 30.4 Å². The number of aryl methyl sites for hydroxylation is 4. The smallest absolute Gasteiger partial charge is 0.319 e. The van der Waals surface area contributed by atoms with Crippen molar-refractivity contribution in [2.45, 2.75) is 45.2 Å². The Hall–Kier alpha value is -4.01. The number of urea groups is 1. The molecule has 2 aliphatic rings. The molecule has 0 bridgehead atoms. The van der Waals surface area contributed by atoms with Crippen molar-refractivity contribution in [3.8, 4) is 0 Å². The minimum Gasteiger partial charge on any atom is -0.319 e. The van der Waals surface area contributed by atoms with Gasteiger partial charge >= 0.3 is 6.03 Å². The van der Waals surface area contributed by atoms with Crippen LogP contribution in [-0.2, 0) is 36.8 Å². The van der Waals surface area contributed by atoms with Crippen molar-refractivity contribution < 1.29 is 9.59 Å². The molecule has 1 unspecified atom stereocenters. The molecule has 0 spiro atoms. The molecule has 9 nitrogen and oxygen atoms in total. The zero-order valence-corrected chi connectivity index (χ0v) is 19.3. The van der Waals surface area contributed by atoms with Gasteiger partial charge in [0.1, 0.15) is 5.54 Å². The van der Waals surface area contributed by atoms with E-state index in [4.69, 9.17) is 0 Å². The monoisotopic (exact) mass is 456 g/mol. The maximum absolute atomic E-state index is 13.6. The van der Waals surface area contributed by atoms with Gasteiger partial charge in [-0.25, -0.2) is 4.79 Å². The molecule has 172 valence electrons. The van der Waals surface area contributed by atoms with Gasteiger partial charge in [0.15, 0.2) is 5.82 Å². The molecule has 4 aromatic rings. The predicted molar refractivity (Wildman–Crippen MR) is 125 cm³/mol. The Balaban J connectivity index is 1.42. The molecule has 6 rings (SSSR count). The SMILES string of the molecule is Cc1ccc2c(c1)c(=O)n(C)c1nnc(CN3C(=O)NC(C)(c4ccc5c(c4)CCC5)C3=O)n21. The Labute approximate surface area is 195 Å². The van der Waals surface area contributed by atoms with Crippen molar-refractivity contribution in [1.29, 1.82) is 0 Å². The van der Waals surface area contributed by atoms with E-state index >= 15 is 0 Å². The second-order valence-electron chi connectivity index (χ2n) is 9.42. The van der Waals surface area contributed by atoms with Gasteiger partial charge in [-0.05, 0) is 61.9 Å². The second-order valence-corrected chi connectivity index (χ2v) is 9.42. The third-order valence-corrected chi connectivity index (χ3v) is 7.19. The molecule has 0 radical (unpaired) electrons. The molecule has 1 saturated heterocycles. The fourth-order valence-electron chi connectivity index (χ4n) is 5.22. The summed E-state index contributed by atoms with van der Waals surface area (Å²) in [5.74, 6) is 0.420. The van der Waals surface area contributed by atoms with E-state index in [0.29, 0.717) is 22.5 Å². The molecular weight excluding hydrogens is 432 g/mol. The molecule has 1 aliphatic carbocycles. The van der Waals surface area contributed by atoms with E-state index in [2.05, 4.69) is 21.6 Å². The molecule has 2 aromatic heterocycles. The highest BCUT2D eigenvalue weighted by atomic mass is 16.2. The first-order valence-corrected chi connectivity index (χ1v) is 11.4. The van der Waals surface area contributed by atoms with Gasteiger partial charge < -0.3 is 5.32 Å². The molecule has 9 heteroatoms. The highest BCUT2D eigenvalue weighted by Crippen LogP contribution is 2.33. The average Bonchev–Trinajstić information content (AvgIpc) is 3.51. The molecule has 34 heavy (non-hydrogen) atoms. The summed E-state index contributed by atoms with van der Waals surface area (Å²) < 4.78 is 3.17. The zero-order chi connectivity index (χ0) is 23.8. The minimum absolute atomic E-state index is 0.0620. The Bertz CT molecular complexity index is 1600. The number of rotatable bonds is 3. The van der Waals surface area contributed by atoms with Crippen molar-refractivity contribution in [2.75, 3.05) is 0 Å². The van der Waals surface area contributed by atoms with Crippen molar-refractivity contribution in [2.24, 2.45) is 7.05 Å². The molecular formula is C25H24N6O3. The summed E-state index contributed by atoms with van der Waals surface area (Å²) in [6, 6.07) is 11.1. The van der Waals surface area contributed by atoms with Crippen molar-refractivity contribution in [3.05, 3.63) is 74.8 Å². The number of hydrogen-bond acceptors (Lipinski definition) is 5. The number of fused-ring (bicyclic) bond motifs is 4. The lowest BCUT2D eigenvalue weighted by molar-refractivity contribution is -0.131. The van der Waals surface area contributed by atoms with Crippen LogP contribution in [0.4, 0.5) is 4.79 Å². The van der Waals surface area contributed by atoms with Crippen LogP contribution in [0.15, 0.2) is 41.2 Å². The Morgan fingerprint density at radius 2 is 1.82 bits per heavy atom. The van der Waals surface area contributed by atoms with Gasteiger partial charge in [0.2, 0.25) is 5.78 Å². The van der Waals surface area contributed by atoms with E-state index in [1.54, 1.807) is 18.4 Å². The van der Waals surface area contributed by atoms with Crippen LogP contribution in [0.25, 0.3) is 16.7 Å². The number of carbonyl (C=O) groups is 2. The standard InChI is InChI=1S/C25H24N6O3/c1-14-7-10-19-18(11-14)21(32)29(3)23-28-27-20(31(19)23)13-30-22(33)25(2,26-24(30)34)17-9-8-15-5-4-6-16(15)12-17/h7-12H,4-6,13H2,1-3H3,(H,26,34). The number of benzene rings is 2. The van der Waals surface area contributed by atoms with Crippen LogP contribution in [0, 0.1) is 6.92 Å². The van der Waals surface area contributed by atoms with Crippen LogP contribution >= 0.6 is 0 Å². The molecule has 0 saturated carbocycles. The second kappa shape index (κ2) is 6.99. The lowest BCUT2D eigenvalue weighted by Crippen LogP contribution is -2.41. The normalized spacial score (nSPS) is 19.9. The van der Waals surface area contributed by atoms with Crippen molar-refractivity contribution in [1.82, 2.24) is 29.4 Å². The van der Waals surface area contributed by atoms with Gasteiger partial charge in [0.05, 0.1) is 17.4 Å². The first-order chi connectivity index (χ1) is 16.3. The Morgan fingerprint density at radius 1 is 1.03 bits per heavy atom. The maximum atomic E-state index is 13.6. The highest BCUT2D eigenvalue weighted by Gasteiger charge is 2.49. The van der Waals surface area contributed by atoms with Crippen molar-refractivity contribution >= 4 is 28.6 Å². The number of nitrogens with one attached hydrogen (secondary N) is 1. The van der Waals surface area contributed by atoms with Crippen LogP contribution in [0.5, 0.6) is 0 Å². The first-order valence-electron chi connectivity index (χ1n) is 11.4. The molecule has 1 atom stereocenters. The minimum atomic E-state index is -1.15. The van der Waals surface area contributed by atoms with Gasteiger partial charge in [-0.3, -0.25) is 23.5 Å². The third kappa shape index (κ3) is 2.76. The topological polar surface area (TPSA) is 102 Å². The van der Waals surface area contributed by atoms with E-state index < -0.39 is 11.6 Å². The third-order valence-electron chi connectivity index (χ3n) is 7.19. The van der Waals surface area contributed by atoms with Crippen molar-refractivity contribution in [3.63, 3.8) is 0 Å². The summed E-state index contributed by atoms with van der Waals surface area (Å²) in [4.78, 5) is 40.5. The fourth-order valence-corrected chi connectivity index (χ4v) is 5.22. The summed E-state index contributed by atoms with van der Waals surface area (Å²) in [6.07, 6.45) is 3.15. The number of aromatic nitrogens is 4. The Morgan fingerprint density at radius 3 is 2.65 bits per heavy atom. The number of imide groups is 1. The van der Waals surface area contributed by atoms with E-state index in [1.807, 2.05) is 37.3 Å². The average molecular weight is 457 g/mol. The van der Waals surface area contributed by atoms with Gasteiger partial charge in [0, 0.05) is 7.05 Å². The number of nitrogens with zero attached hydrogens (tertiary/aromatic N) is 5. The van der Waals surface area contributed by atoms with Gasteiger partial charge in [-0.1, -0.05) is 29.8 Å². The van der Waals surface area contributed by atoms with Gasteiger partial charge in [-0.15, -0.1) is 10.2 Å². The molecule has 2 aromatic carbocycles. The quantitative estimate of drug-likeness (QED) is 0.477. The molecule has 1 N–H and O–H groups in total. The molecule has 3 heterocycles. The van der Waals surface area contributed by atoms with Crippen LogP contribution in [0.2, 0.25) is 0 Å². The fraction of sp³-hybridized carbons (Fsp3) is 0.320. The predicted octanol–water partition coefficient (Wildman–Crippen LogP) is 2.35. The summed E-state index contributed by atoms with van der Waals surface area (Å²) in [6.45, 7) is 3.60. The molecule has 3 amide bonds. The lowest BCUT2D eigenvalue weighted by atomic mass is 9.89. The summed E-state index contributed by atoms with van der Waals surface area (Å²) in [5.41, 5.74) is 3.60. The molecule has 1 fully saturated rings. The summed E-state index contributed by atoms with van der Waals surface area (Å²) in [7, 11) is 1.64. The zero-order valence-electron chi connectivity index (χ0n) is 19.3. The largest absolute Gasteiger partial charge is 0.325 e. The van der Waals surface area contributed by atoms with Gasteiger partial charge in [-0.2, -0.15) is 0 Å². The van der Waals surface area contributed by atoms with Gasteiger partial charge in [0.25, 0.3) is 11.5 Å². The Kier molecular flexibility index (Phi) is 4.23. The van der Waals surface area contributed by atoms with Crippen LogP contribution in [0.3, 0.4) is 0 Å². The molecule has 1 aliphatic heterocycles. The van der Waals surface area contributed by atoms with Crippen LogP contribution in [-0.4, -0.2) is 36.0 Å². The summed E-state index contributed by atoms with van der Waals surface area (Å²) in [5, 5.41) is 11.8. The number of carbonyl (C=O) groups excluding carboxylic acids is 2. The lowest BCUT2D eigenvalue weighted by Gasteiger charge is -2.23. The van der Waals surface area contributed by atoms with E-state index in [1.165, 1.54) is 20.6 Å². The highest BCUT2D eigenvalue weighted by molar-refractivity contribution is 6.07. The van der Waals surface area contributed by atoms with Crippen LogP contribution < -0.4 is 10.9 Å². The van der Waals surface area contributed by atoms with E-state index in [-0.39, 0.29) is 18.0 Å². The van der Waals surface area contributed by atoms with E-state index in [9.17, 15) is 14.4 Å². The van der Waals surface area contributed by atoms with Crippen LogP contribution in [0.1, 0.15) is 41.4 Å². The number of hydrogen-bond donors (Lipinski definition) is 1.